The van der Waals surface area contributed by atoms with Gasteiger partial charge in [0.25, 0.3) is 5.91 Å². The monoisotopic (exact) mass is 298 g/mol. The van der Waals surface area contributed by atoms with Crippen molar-refractivity contribution in [3.8, 4) is 11.5 Å². The molecule has 1 unspecified atom stereocenters. The largest absolute Gasteiger partial charge is 0.486 e. The molecule has 1 atom stereocenters. The molecule has 0 spiro atoms. The minimum Gasteiger partial charge on any atom is -0.486 e. The topological polar surface area (TPSA) is 51.7 Å². The molecule has 5 nitrogen and oxygen atoms in total. The number of carbonyl (C=O) groups is 1. The number of amides is 1. The molecule has 0 saturated carbocycles. The number of benzene rings is 1. The average molecular weight is 298 g/mol. The van der Waals surface area contributed by atoms with E-state index in [1.165, 1.54) is 0 Å². The van der Waals surface area contributed by atoms with E-state index in [1.807, 2.05) is 37.3 Å². The number of carbonyl (C=O) groups excluding carboxylic acids is 1. The Morgan fingerprint density at radius 2 is 2.05 bits per heavy atom. The molecule has 1 aromatic carbocycles. The van der Waals surface area contributed by atoms with Crippen molar-refractivity contribution < 1.29 is 14.3 Å². The first kappa shape index (κ1) is 14.4. The van der Waals surface area contributed by atoms with Crippen LogP contribution in [0.15, 0.2) is 42.6 Å². The highest BCUT2D eigenvalue weighted by atomic mass is 16.6. The van der Waals surface area contributed by atoms with Gasteiger partial charge in [-0.1, -0.05) is 12.1 Å². The van der Waals surface area contributed by atoms with Crippen LogP contribution in [-0.4, -0.2) is 42.1 Å². The molecule has 2 aromatic rings. The number of ether oxygens (including phenoxy) is 2. The molecule has 1 aromatic heterocycles. The number of para-hydroxylation sites is 2. The molecular formula is C17H18N2O3. The minimum absolute atomic E-state index is 0.0741. The van der Waals surface area contributed by atoms with E-state index >= 15 is 0 Å². The van der Waals surface area contributed by atoms with Gasteiger partial charge in [0.2, 0.25) is 0 Å². The molecule has 0 N–H and O–H groups in total. The summed E-state index contributed by atoms with van der Waals surface area (Å²) >= 11 is 0. The number of likely N-dealkylation sites (N-methyl/N-ethyl adjacent to an activating group) is 1. The van der Waals surface area contributed by atoms with Crippen LogP contribution in [-0.2, 0) is 0 Å². The predicted octanol–water partition coefficient (Wildman–Crippen LogP) is 2.30. The standard InChI is InChI=1S/C17H18N2O3/c1-12-7-8-13(9-18-12)17(20)19(2)10-14-11-21-15-5-3-4-6-16(15)22-14/h3-9,14H,10-11H2,1-2H3. The van der Waals surface area contributed by atoms with Gasteiger partial charge >= 0.3 is 0 Å². The summed E-state index contributed by atoms with van der Waals surface area (Å²) in [6, 6.07) is 11.2. The summed E-state index contributed by atoms with van der Waals surface area (Å²) in [6.07, 6.45) is 1.42. The maximum absolute atomic E-state index is 12.4. The van der Waals surface area contributed by atoms with Crippen LogP contribution >= 0.6 is 0 Å². The van der Waals surface area contributed by atoms with Gasteiger partial charge in [-0.25, -0.2) is 0 Å². The molecule has 0 saturated heterocycles. The Bertz CT molecular complexity index is 670. The molecule has 22 heavy (non-hydrogen) atoms. The highest BCUT2D eigenvalue weighted by molar-refractivity contribution is 5.93. The van der Waals surface area contributed by atoms with E-state index in [1.54, 1.807) is 24.2 Å². The molecule has 0 fully saturated rings. The average Bonchev–Trinajstić information content (AvgIpc) is 2.55. The first-order valence-electron chi connectivity index (χ1n) is 7.20. The molecule has 0 aliphatic carbocycles. The molecule has 1 amide bonds. The maximum atomic E-state index is 12.4. The van der Waals surface area contributed by atoms with Gasteiger partial charge in [0, 0.05) is 18.9 Å². The van der Waals surface area contributed by atoms with Crippen LogP contribution in [0.25, 0.3) is 0 Å². The van der Waals surface area contributed by atoms with Gasteiger partial charge in [0.05, 0.1) is 12.1 Å². The number of hydrogen-bond donors (Lipinski definition) is 0. The molecule has 114 valence electrons. The number of nitrogens with zero attached hydrogens (tertiary/aromatic N) is 2. The Morgan fingerprint density at radius 3 is 2.77 bits per heavy atom. The zero-order valence-electron chi connectivity index (χ0n) is 12.7. The molecular weight excluding hydrogens is 280 g/mol. The summed E-state index contributed by atoms with van der Waals surface area (Å²) in [5, 5.41) is 0. The van der Waals surface area contributed by atoms with Crippen LogP contribution in [0, 0.1) is 6.92 Å². The van der Waals surface area contributed by atoms with Crippen molar-refractivity contribution in [1.29, 1.82) is 0 Å². The highest BCUT2D eigenvalue weighted by Gasteiger charge is 2.24. The fourth-order valence-electron chi connectivity index (χ4n) is 2.36. The van der Waals surface area contributed by atoms with Crippen molar-refractivity contribution >= 4 is 5.91 Å². The molecule has 0 radical (unpaired) electrons. The van der Waals surface area contributed by atoms with Crippen LogP contribution in [0.5, 0.6) is 11.5 Å². The van der Waals surface area contributed by atoms with Crippen LogP contribution in [0.4, 0.5) is 0 Å². The lowest BCUT2D eigenvalue weighted by molar-refractivity contribution is 0.0520. The number of aryl methyl sites for hydroxylation is 1. The predicted molar refractivity (Wildman–Crippen MR) is 82.3 cm³/mol. The van der Waals surface area contributed by atoms with Gasteiger partial charge in [0.15, 0.2) is 17.6 Å². The lowest BCUT2D eigenvalue weighted by Crippen LogP contribution is -2.41. The van der Waals surface area contributed by atoms with E-state index in [9.17, 15) is 4.79 Å². The van der Waals surface area contributed by atoms with Crippen molar-refractivity contribution in [2.24, 2.45) is 0 Å². The van der Waals surface area contributed by atoms with E-state index in [2.05, 4.69) is 4.98 Å². The number of rotatable bonds is 3. The third-order valence-corrected chi connectivity index (χ3v) is 3.55. The Kier molecular flexibility index (Phi) is 3.96. The molecule has 3 rings (SSSR count). The molecule has 0 bridgehead atoms. The first-order valence-corrected chi connectivity index (χ1v) is 7.20. The smallest absolute Gasteiger partial charge is 0.255 e. The zero-order valence-corrected chi connectivity index (χ0v) is 12.7. The van der Waals surface area contributed by atoms with Gasteiger partial charge in [-0.05, 0) is 31.2 Å². The zero-order chi connectivity index (χ0) is 15.5. The van der Waals surface area contributed by atoms with E-state index < -0.39 is 0 Å². The first-order chi connectivity index (χ1) is 10.6. The second kappa shape index (κ2) is 6.05. The lowest BCUT2D eigenvalue weighted by atomic mass is 10.2. The summed E-state index contributed by atoms with van der Waals surface area (Å²) < 4.78 is 11.5. The van der Waals surface area contributed by atoms with E-state index in [4.69, 9.17) is 9.47 Å². The number of fused-ring (bicyclic) bond motifs is 1. The summed E-state index contributed by atoms with van der Waals surface area (Å²) in [4.78, 5) is 18.2. The van der Waals surface area contributed by atoms with Crippen molar-refractivity contribution in [3.63, 3.8) is 0 Å². The summed E-state index contributed by atoms with van der Waals surface area (Å²) in [7, 11) is 1.76. The maximum Gasteiger partial charge on any atom is 0.255 e. The van der Waals surface area contributed by atoms with Gasteiger partial charge in [-0.3, -0.25) is 9.78 Å². The molecule has 1 aliphatic heterocycles. The minimum atomic E-state index is -0.178. The Hall–Kier alpha value is -2.56. The third-order valence-electron chi connectivity index (χ3n) is 3.55. The quantitative estimate of drug-likeness (QED) is 0.872. The van der Waals surface area contributed by atoms with E-state index in [0.717, 1.165) is 17.2 Å². The SMILES string of the molecule is Cc1ccc(C(=O)N(C)CC2COc3ccccc3O2)cn1. The highest BCUT2D eigenvalue weighted by Crippen LogP contribution is 2.30. The van der Waals surface area contributed by atoms with Gasteiger partial charge in [0.1, 0.15) is 6.61 Å². The second-order valence-electron chi connectivity index (χ2n) is 5.37. The fraction of sp³-hybridized carbons (Fsp3) is 0.294. The van der Waals surface area contributed by atoms with Gasteiger partial charge in [-0.15, -0.1) is 0 Å². The van der Waals surface area contributed by atoms with Crippen molar-refractivity contribution in [3.05, 3.63) is 53.9 Å². The van der Waals surface area contributed by atoms with Crippen molar-refractivity contribution in [1.82, 2.24) is 9.88 Å². The Labute approximate surface area is 129 Å². The number of pyridine rings is 1. The van der Waals surface area contributed by atoms with Crippen LogP contribution in [0.3, 0.4) is 0 Å². The number of aromatic nitrogens is 1. The Balaban J connectivity index is 1.64. The number of hydrogen-bond acceptors (Lipinski definition) is 4. The summed E-state index contributed by atoms with van der Waals surface area (Å²) in [5.41, 5.74) is 1.46. The van der Waals surface area contributed by atoms with Crippen LogP contribution in [0.2, 0.25) is 0 Å². The third kappa shape index (κ3) is 3.03. The van der Waals surface area contributed by atoms with E-state index in [0.29, 0.717) is 18.7 Å². The van der Waals surface area contributed by atoms with E-state index in [-0.39, 0.29) is 12.0 Å². The summed E-state index contributed by atoms with van der Waals surface area (Å²) in [5.74, 6) is 1.39. The van der Waals surface area contributed by atoms with Crippen molar-refractivity contribution in [2.75, 3.05) is 20.2 Å². The molecule has 1 aliphatic rings. The van der Waals surface area contributed by atoms with Crippen LogP contribution in [0.1, 0.15) is 16.1 Å². The fourth-order valence-corrected chi connectivity index (χ4v) is 2.36. The molecule has 5 heteroatoms. The van der Waals surface area contributed by atoms with Crippen LogP contribution < -0.4 is 9.47 Å². The Morgan fingerprint density at radius 1 is 1.27 bits per heavy atom. The summed E-state index contributed by atoms with van der Waals surface area (Å²) in [6.45, 7) is 2.78. The second-order valence-corrected chi connectivity index (χ2v) is 5.37. The lowest BCUT2D eigenvalue weighted by Gasteiger charge is -2.29. The molecule has 2 heterocycles. The van der Waals surface area contributed by atoms with Gasteiger partial charge in [-0.2, -0.15) is 0 Å². The van der Waals surface area contributed by atoms with Crippen molar-refractivity contribution in [2.45, 2.75) is 13.0 Å². The normalized spacial score (nSPS) is 16.2. The van der Waals surface area contributed by atoms with Gasteiger partial charge < -0.3 is 14.4 Å².